The van der Waals surface area contributed by atoms with Crippen LogP contribution in [0.25, 0.3) is 0 Å². The number of benzene rings is 1. The average molecular weight is 567 g/mol. The fraction of sp³-hybridized carbons (Fsp3) is 0.536. The summed E-state index contributed by atoms with van der Waals surface area (Å²) in [6.45, 7) is 6.16. The minimum atomic E-state index is -4.79. The SMILES string of the molecule is CC.CCCCCC1(C(=S)NC(Cc2ccc(NC(=O)c3cncnc3C(F)(F)F)cc2)C(=O)OC)CCC1. The van der Waals surface area contributed by atoms with Crippen molar-refractivity contribution in [3.05, 3.63) is 53.6 Å². The van der Waals surface area contributed by atoms with E-state index in [1.807, 2.05) is 13.8 Å². The number of carbonyl (C=O) groups excluding carboxylic acids is 2. The zero-order valence-electron chi connectivity index (χ0n) is 22.9. The van der Waals surface area contributed by atoms with Crippen molar-refractivity contribution >= 4 is 34.8 Å². The number of thiocarbonyl (C=S) groups is 1. The number of ether oxygens (including phenoxy) is 1. The molecule has 214 valence electrons. The molecule has 1 fully saturated rings. The Morgan fingerprint density at radius 3 is 2.36 bits per heavy atom. The lowest BCUT2D eigenvalue weighted by atomic mass is 9.65. The molecule has 1 heterocycles. The number of halogens is 3. The number of hydrogen-bond acceptors (Lipinski definition) is 6. The number of alkyl halides is 3. The first-order chi connectivity index (χ1) is 18.6. The molecule has 1 aliphatic carbocycles. The fourth-order valence-electron chi connectivity index (χ4n) is 4.43. The second-order valence-electron chi connectivity index (χ2n) is 9.28. The molecule has 0 bridgehead atoms. The molecule has 2 aromatic rings. The van der Waals surface area contributed by atoms with Crippen molar-refractivity contribution in [2.45, 2.75) is 84.4 Å². The quantitative estimate of drug-likeness (QED) is 0.182. The van der Waals surface area contributed by atoms with Crippen molar-refractivity contribution in [1.82, 2.24) is 15.3 Å². The highest BCUT2D eigenvalue weighted by Gasteiger charge is 2.41. The molecule has 1 aromatic carbocycles. The van der Waals surface area contributed by atoms with E-state index in [4.69, 9.17) is 17.0 Å². The fourth-order valence-corrected chi connectivity index (χ4v) is 4.88. The Bertz CT molecular complexity index is 1110. The molecule has 0 saturated heterocycles. The summed E-state index contributed by atoms with van der Waals surface area (Å²) in [6.07, 6.45) is 4.55. The van der Waals surface area contributed by atoms with Crippen molar-refractivity contribution in [1.29, 1.82) is 0 Å². The largest absolute Gasteiger partial charge is 0.467 e. The van der Waals surface area contributed by atoms with E-state index in [0.717, 1.165) is 63.0 Å². The number of nitrogens with one attached hydrogen (secondary N) is 2. The Hall–Kier alpha value is -3.08. The van der Waals surface area contributed by atoms with Gasteiger partial charge in [-0.1, -0.05) is 70.8 Å². The zero-order chi connectivity index (χ0) is 29.1. The van der Waals surface area contributed by atoms with Gasteiger partial charge in [0.2, 0.25) is 0 Å². The molecule has 1 saturated carbocycles. The Labute approximate surface area is 233 Å². The maximum atomic E-state index is 13.2. The smallest absolute Gasteiger partial charge is 0.434 e. The lowest BCUT2D eigenvalue weighted by Crippen LogP contribution is -2.51. The lowest BCUT2D eigenvalue weighted by Gasteiger charge is -2.43. The maximum absolute atomic E-state index is 13.2. The number of anilines is 1. The Kier molecular flexibility index (Phi) is 12.3. The van der Waals surface area contributed by atoms with Gasteiger partial charge in [0.15, 0.2) is 5.69 Å². The van der Waals surface area contributed by atoms with Crippen LogP contribution in [0.2, 0.25) is 0 Å². The van der Waals surface area contributed by atoms with Gasteiger partial charge < -0.3 is 15.4 Å². The van der Waals surface area contributed by atoms with Crippen LogP contribution in [0.3, 0.4) is 0 Å². The van der Waals surface area contributed by atoms with E-state index in [2.05, 4.69) is 27.5 Å². The van der Waals surface area contributed by atoms with E-state index in [1.165, 1.54) is 7.11 Å². The lowest BCUT2D eigenvalue weighted by molar-refractivity contribution is -0.143. The van der Waals surface area contributed by atoms with Crippen molar-refractivity contribution in [2.24, 2.45) is 5.41 Å². The molecule has 0 aliphatic heterocycles. The van der Waals surface area contributed by atoms with E-state index >= 15 is 0 Å². The van der Waals surface area contributed by atoms with Crippen LogP contribution in [0, 0.1) is 5.41 Å². The van der Waals surface area contributed by atoms with Crippen LogP contribution in [-0.4, -0.2) is 40.0 Å². The number of unbranched alkanes of at least 4 members (excludes halogenated alkanes) is 2. The molecule has 1 aromatic heterocycles. The molecule has 1 unspecified atom stereocenters. The summed E-state index contributed by atoms with van der Waals surface area (Å²) in [5.74, 6) is -1.42. The van der Waals surface area contributed by atoms with E-state index in [9.17, 15) is 22.8 Å². The Morgan fingerprint density at radius 1 is 1.15 bits per heavy atom. The van der Waals surface area contributed by atoms with Gasteiger partial charge in [-0.15, -0.1) is 0 Å². The number of nitrogens with zero attached hydrogens (tertiary/aromatic N) is 2. The summed E-state index contributed by atoms with van der Waals surface area (Å²) in [4.78, 5) is 32.4. The number of esters is 1. The number of aromatic nitrogens is 2. The summed E-state index contributed by atoms with van der Waals surface area (Å²) >= 11 is 5.74. The van der Waals surface area contributed by atoms with Crippen LogP contribution in [0.5, 0.6) is 0 Å². The standard InChI is InChI=1S/C26H31F3N4O3S.C2H6/c1-3-4-5-11-25(12-6-13-25)24(37)33-20(23(35)36-2)14-17-7-9-18(10-8-17)32-22(34)19-15-30-16-31-21(19)26(27,28)29;1-2/h7-10,15-16,20H,3-6,11-14H2,1-2H3,(H,32,34)(H,33,37);1-2H3. The Morgan fingerprint density at radius 2 is 1.82 bits per heavy atom. The zero-order valence-corrected chi connectivity index (χ0v) is 23.7. The van der Waals surface area contributed by atoms with Crippen LogP contribution < -0.4 is 10.6 Å². The third-order valence-electron chi connectivity index (χ3n) is 6.72. The Balaban J connectivity index is 0.00000260. The molecule has 1 amide bonds. The predicted molar refractivity (Wildman–Crippen MR) is 148 cm³/mol. The third kappa shape index (κ3) is 8.71. The van der Waals surface area contributed by atoms with E-state index < -0.39 is 35.4 Å². The second kappa shape index (κ2) is 14.9. The van der Waals surface area contributed by atoms with Gasteiger partial charge in [-0.3, -0.25) is 4.79 Å². The maximum Gasteiger partial charge on any atom is 0.434 e. The first kappa shape index (κ1) is 32.1. The van der Waals surface area contributed by atoms with Crippen molar-refractivity contribution in [3.8, 4) is 0 Å². The normalized spacial score (nSPS) is 14.6. The number of rotatable bonds is 11. The van der Waals surface area contributed by atoms with Crippen LogP contribution in [-0.2, 0) is 22.1 Å². The van der Waals surface area contributed by atoms with Gasteiger partial charge >= 0.3 is 12.1 Å². The van der Waals surface area contributed by atoms with Crippen molar-refractivity contribution < 1.29 is 27.5 Å². The van der Waals surface area contributed by atoms with Crippen molar-refractivity contribution in [3.63, 3.8) is 0 Å². The molecule has 1 aliphatic rings. The molecule has 0 radical (unpaired) electrons. The molecular weight excluding hydrogens is 529 g/mol. The van der Waals surface area contributed by atoms with Gasteiger partial charge in [-0.25, -0.2) is 14.8 Å². The molecule has 0 spiro atoms. The molecule has 2 N–H and O–H groups in total. The van der Waals surface area contributed by atoms with Crippen molar-refractivity contribution in [2.75, 3.05) is 12.4 Å². The third-order valence-corrected chi connectivity index (χ3v) is 7.27. The minimum Gasteiger partial charge on any atom is -0.467 e. The topological polar surface area (TPSA) is 93.2 Å². The number of methoxy groups -OCH3 is 1. The van der Waals surface area contributed by atoms with Gasteiger partial charge in [0.25, 0.3) is 5.91 Å². The van der Waals surface area contributed by atoms with E-state index in [-0.39, 0.29) is 17.5 Å². The van der Waals surface area contributed by atoms with Gasteiger partial charge in [-0.2, -0.15) is 13.2 Å². The number of hydrogen-bond donors (Lipinski definition) is 2. The van der Waals surface area contributed by atoms with Gasteiger partial charge in [0, 0.05) is 23.7 Å². The highest BCUT2D eigenvalue weighted by molar-refractivity contribution is 7.80. The molecule has 1 atom stereocenters. The second-order valence-corrected chi connectivity index (χ2v) is 9.69. The average Bonchev–Trinajstić information content (AvgIpc) is 2.91. The minimum absolute atomic E-state index is 0.0681. The number of amides is 1. The monoisotopic (exact) mass is 566 g/mol. The highest BCUT2D eigenvalue weighted by Crippen LogP contribution is 2.46. The summed E-state index contributed by atoms with van der Waals surface area (Å²) in [7, 11) is 1.32. The highest BCUT2D eigenvalue weighted by atomic mass is 32.1. The number of carbonyl (C=O) groups is 2. The first-order valence-electron chi connectivity index (χ1n) is 13.3. The summed E-state index contributed by atoms with van der Waals surface area (Å²) in [5.41, 5.74) is -1.00. The molecule has 11 heteroatoms. The van der Waals surface area contributed by atoms with Gasteiger partial charge in [0.1, 0.15) is 12.4 Å². The summed E-state index contributed by atoms with van der Waals surface area (Å²) < 4.78 is 44.5. The first-order valence-corrected chi connectivity index (χ1v) is 13.7. The van der Waals surface area contributed by atoms with E-state index in [1.54, 1.807) is 24.3 Å². The summed E-state index contributed by atoms with van der Waals surface area (Å²) in [6, 6.07) is 5.79. The molecule has 39 heavy (non-hydrogen) atoms. The van der Waals surface area contributed by atoms with Gasteiger partial charge in [-0.05, 0) is 37.0 Å². The molecule has 3 rings (SSSR count). The summed E-state index contributed by atoms with van der Waals surface area (Å²) in [5, 5.41) is 5.67. The van der Waals surface area contributed by atoms with Gasteiger partial charge in [0.05, 0.1) is 17.7 Å². The van der Waals surface area contributed by atoms with Crippen LogP contribution in [0.1, 0.15) is 87.3 Å². The van der Waals surface area contributed by atoms with Crippen LogP contribution in [0.15, 0.2) is 36.8 Å². The van der Waals surface area contributed by atoms with Crippen LogP contribution in [0.4, 0.5) is 18.9 Å². The van der Waals surface area contributed by atoms with E-state index in [0.29, 0.717) is 4.99 Å². The molecule has 7 nitrogen and oxygen atoms in total. The van der Waals surface area contributed by atoms with Crippen LogP contribution >= 0.6 is 12.2 Å². The molecular formula is C28H37F3N4O3S. The predicted octanol–water partition coefficient (Wildman–Crippen LogP) is 6.53.